The molecule has 1 aromatic heterocycles. The second-order valence-corrected chi connectivity index (χ2v) is 4.66. The van der Waals surface area contributed by atoms with Gasteiger partial charge in [-0.25, -0.2) is 4.39 Å². The summed E-state index contributed by atoms with van der Waals surface area (Å²) < 4.78 is 24.4. The number of nitrogens with one attached hydrogen (secondary N) is 1. The maximum atomic E-state index is 13.3. The normalized spacial score (nSPS) is 10.8. The lowest BCUT2D eigenvalue weighted by Gasteiger charge is -2.11. The Morgan fingerprint density at radius 3 is 2.76 bits per heavy atom. The first kappa shape index (κ1) is 15.4. The number of ether oxygens (including phenoxy) is 1. The van der Waals surface area contributed by atoms with Crippen molar-refractivity contribution in [3.63, 3.8) is 0 Å². The third-order valence-corrected chi connectivity index (χ3v) is 2.93. The van der Waals surface area contributed by atoms with Crippen molar-refractivity contribution in [1.82, 2.24) is 15.5 Å². The summed E-state index contributed by atoms with van der Waals surface area (Å²) in [6, 6.07) is 4.47. The minimum absolute atomic E-state index is 0.180. The van der Waals surface area contributed by atoms with Crippen LogP contribution in [-0.2, 0) is 19.6 Å². The maximum Gasteiger partial charge on any atom is 0.253 e. The van der Waals surface area contributed by atoms with Crippen molar-refractivity contribution in [3.8, 4) is 5.75 Å². The molecule has 1 heterocycles. The van der Waals surface area contributed by atoms with E-state index in [1.54, 1.807) is 6.07 Å². The summed E-state index contributed by atoms with van der Waals surface area (Å²) in [5.74, 6) is 1.35. The van der Waals surface area contributed by atoms with Gasteiger partial charge in [0.25, 0.3) is 5.89 Å². The molecule has 0 aliphatic carbocycles. The van der Waals surface area contributed by atoms with E-state index in [2.05, 4.69) is 22.4 Å². The van der Waals surface area contributed by atoms with E-state index in [1.165, 1.54) is 12.1 Å². The SMILES string of the molecule is CCCNCc1cc(F)ccc1OCc1nnc(CC)o1. The Morgan fingerprint density at radius 1 is 1.24 bits per heavy atom. The number of benzene rings is 1. The zero-order valence-corrected chi connectivity index (χ0v) is 12.4. The average molecular weight is 293 g/mol. The lowest BCUT2D eigenvalue weighted by Crippen LogP contribution is -2.15. The van der Waals surface area contributed by atoms with Crippen LogP contribution in [0.25, 0.3) is 0 Å². The van der Waals surface area contributed by atoms with E-state index < -0.39 is 0 Å². The Labute approximate surface area is 123 Å². The first-order valence-corrected chi connectivity index (χ1v) is 7.16. The van der Waals surface area contributed by atoms with Crippen molar-refractivity contribution in [2.75, 3.05) is 6.54 Å². The van der Waals surface area contributed by atoms with Gasteiger partial charge in [0.05, 0.1) is 0 Å². The molecule has 0 aliphatic rings. The fourth-order valence-electron chi connectivity index (χ4n) is 1.86. The largest absolute Gasteiger partial charge is 0.483 e. The van der Waals surface area contributed by atoms with E-state index in [1.807, 2.05) is 6.92 Å². The van der Waals surface area contributed by atoms with Crippen LogP contribution in [0.2, 0.25) is 0 Å². The minimum Gasteiger partial charge on any atom is -0.483 e. The van der Waals surface area contributed by atoms with Crippen molar-refractivity contribution in [3.05, 3.63) is 41.4 Å². The number of aryl methyl sites for hydroxylation is 1. The molecule has 0 atom stereocenters. The van der Waals surface area contributed by atoms with Gasteiger partial charge in [-0.2, -0.15) is 0 Å². The van der Waals surface area contributed by atoms with Gasteiger partial charge >= 0.3 is 0 Å². The molecule has 0 amide bonds. The fraction of sp³-hybridized carbons (Fsp3) is 0.467. The predicted molar refractivity (Wildman–Crippen MR) is 76.4 cm³/mol. The summed E-state index contributed by atoms with van der Waals surface area (Å²) in [5.41, 5.74) is 0.777. The van der Waals surface area contributed by atoms with Crippen molar-refractivity contribution in [2.24, 2.45) is 0 Å². The predicted octanol–water partition coefficient (Wildman–Crippen LogP) is 2.85. The molecule has 0 aliphatic heterocycles. The Balaban J connectivity index is 2.00. The Kier molecular flexibility index (Phi) is 5.68. The highest BCUT2D eigenvalue weighted by Crippen LogP contribution is 2.21. The van der Waals surface area contributed by atoms with E-state index in [0.29, 0.717) is 30.5 Å². The van der Waals surface area contributed by atoms with E-state index >= 15 is 0 Å². The first-order valence-electron chi connectivity index (χ1n) is 7.16. The molecule has 0 saturated carbocycles. The van der Waals surface area contributed by atoms with Crippen LogP contribution < -0.4 is 10.1 Å². The van der Waals surface area contributed by atoms with E-state index in [0.717, 1.165) is 18.5 Å². The van der Waals surface area contributed by atoms with Gasteiger partial charge in [0.2, 0.25) is 5.89 Å². The molecule has 0 spiro atoms. The smallest absolute Gasteiger partial charge is 0.253 e. The van der Waals surface area contributed by atoms with E-state index in [9.17, 15) is 4.39 Å². The van der Waals surface area contributed by atoms with Gasteiger partial charge in [-0.1, -0.05) is 13.8 Å². The third kappa shape index (κ3) is 4.53. The molecule has 114 valence electrons. The van der Waals surface area contributed by atoms with Crippen LogP contribution in [0.5, 0.6) is 5.75 Å². The average Bonchev–Trinajstić information content (AvgIpc) is 2.95. The monoisotopic (exact) mass is 293 g/mol. The van der Waals surface area contributed by atoms with Gasteiger partial charge in [-0.15, -0.1) is 10.2 Å². The lowest BCUT2D eigenvalue weighted by molar-refractivity contribution is 0.256. The van der Waals surface area contributed by atoms with Crippen molar-refractivity contribution in [1.29, 1.82) is 0 Å². The molecule has 2 rings (SSSR count). The second kappa shape index (κ2) is 7.73. The summed E-state index contributed by atoms with van der Waals surface area (Å²) in [7, 11) is 0. The van der Waals surface area contributed by atoms with Crippen LogP contribution in [0.3, 0.4) is 0 Å². The van der Waals surface area contributed by atoms with Gasteiger partial charge in [0.1, 0.15) is 11.6 Å². The number of halogens is 1. The van der Waals surface area contributed by atoms with Gasteiger partial charge in [-0.05, 0) is 31.2 Å². The standard InChI is InChI=1S/C15H20FN3O2/c1-3-7-17-9-11-8-12(16)5-6-13(11)20-10-15-19-18-14(4-2)21-15/h5-6,8,17H,3-4,7,9-10H2,1-2H3. The molecule has 0 bridgehead atoms. The van der Waals surface area contributed by atoms with Crippen LogP contribution in [0.1, 0.15) is 37.6 Å². The van der Waals surface area contributed by atoms with E-state index in [4.69, 9.17) is 9.15 Å². The topological polar surface area (TPSA) is 60.2 Å². The quantitative estimate of drug-likeness (QED) is 0.758. The highest BCUT2D eigenvalue weighted by molar-refractivity contribution is 5.33. The number of hydrogen-bond donors (Lipinski definition) is 1. The zero-order chi connectivity index (χ0) is 15.1. The van der Waals surface area contributed by atoms with Crippen LogP contribution >= 0.6 is 0 Å². The lowest BCUT2D eigenvalue weighted by atomic mass is 10.2. The van der Waals surface area contributed by atoms with Crippen LogP contribution in [0.4, 0.5) is 4.39 Å². The molecule has 0 radical (unpaired) electrons. The summed E-state index contributed by atoms with van der Waals surface area (Å²) in [5, 5.41) is 11.0. The Bertz CT molecular complexity index is 572. The van der Waals surface area contributed by atoms with Gasteiger partial charge < -0.3 is 14.5 Å². The van der Waals surface area contributed by atoms with Crippen LogP contribution in [-0.4, -0.2) is 16.7 Å². The summed E-state index contributed by atoms with van der Waals surface area (Å²) in [6.07, 6.45) is 1.71. The van der Waals surface area contributed by atoms with E-state index in [-0.39, 0.29) is 12.4 Å². The highest BCUT2D eigenvalue weighted by atomic mass is 19.1. The molecule has 1 N–H and O–H groups in total. The Morgan fingerprint density at radius 2 is 2.05 bits per heavy atom. The van der Waals surface area contributed by atoms with Gasteiger partial charge in [-0.3, -0.25) is 0 Å². The van der Waals surface area contributed by atoms with Crippen LogP contribution in [0.15, 0.2) is 22.6 Å². The number of nitrogens with zero attached hydrogens (tertiary/aromatic N) is 2. The molecule has 2 aromatic rings. The molecular weight excluding hydrogens is 273 g/mol. The third-order valence-electron chi connectivity index (χ3n) is 2.93. The molecule has 6 heteroatoms. The summed E-state index contributed by atoms with van der Waals surface area (Å²) in [4.78, 5) is 0. The second-order valence-electron chi connectivity index (χ2n) is 4.66. The molecule has 21 heavy (non-hydrogen) atoms. The molecule has 0 unspecified atom stereocenters. The molecular formula is C15H20FN3O2. The molecule has 0 saturated heterocycles. The number of rotatable bonds is 8. The summed E-state index contributed by atoms with van der Waals surface area (Å²) >= 11 is 0. The highest BCUT2D eigenvalue weighted by Gasteiger charge is 2.09. The fourth-order valence-corrected chi connectivity index (χ4v) is 1.86. The number of hydrogen-bond acceptors (Lipinski definition) is 5. The molecule has 0 fully saturated rings. The van der Waals surface area contributed by atoms with Crippen LogP contribution in [0, 0.1) is 5.82 Å². The zero-order valence-electron chi connectivity index (χ0n) is 12.4. The maximum absolute atomic E-state index is 13.3. The van der Waals surface area contributed by atoms with Crippen molar-refractivity contribution >= 4 is 0 Å². The van der Waals surface area contributed by atoms with Crippen molar-refractivity contribution in [2.45, 2.75) is 39.8 Å². The number of aromatic nitrogens is 2. The first-order chi connectivity index (χ1) is 10.2. The van der Waals surface area contributed by atoms with Gasteiger partial charge in [0.15, 0.2) is 6.61 Å². The molecule has 1 aromatic carbocycles. The van der Waals surface area contributed by atoms with Crippen molar-refractivity contribution < 1.29 is 13.5 Å². The Hall–Kier alpha value is -1.95. The van der Waals surface area contributed by atoms with Gasteiger partial charge in [0, 0.05) is 18.5 Å². The summed E-state index contributed by atoms with van der Waals surface area (Å²) in [6.45, 7) is 5.64. The molecule has 5 nitrogen and oxygen atoms in total. The minimum atomic E-state index is -0.276.